The lowest BCUT2D eigenvalue weighted by Crippen LogP contribution is -2.34. The molecule has 142 valence electrons. The molecule has 0 bridgehead atoms. The molecule has 2 aromatic carbocycles. The summed E-state index contributed by atoms with van der Waals surface area (Å²) in [5.41, 5.74) is 8.73. The molecule has 8 heteroatoms. The van der Waals surface area contributed by atoms with E-state index >= 15 is 0 Å². The Morgan fingerprint density at radius 2 is 1.81 bits per heavy atom. The highest BCUT2D eigenvalue weighted by molar-refractivity contribution is 7.90. The Hall–Kier alpha value is -2.38. The number of hydrogen-bond donors (Lipinski definition) is 1. The molecule has 1 atom stereocenters. The number of rotatable bonds is 4. The van der Waals surface area contributed by atoms with Crippen LogP contribution in [0.3, 0.4) is 0 Å². The highest BCUT2D eigenvalue weighted by Crippen LogP contribution is 2.29. The van der Waals surface area contributed by atoms with Crippen LogP contribution < -0.4 is 5.73 Å². The van der Waals surface area contributed by atoms with E-state index in [9.17, 15) is 8.42 Å². The molecule has 2 aromatic rings. The predicted octanol–water partition coefficient (Wildman–Crippen LogP) is 3.20. The van der Waals surface area contributed by atoms with E-state index in [4.69, 9.17) is 17.3 Å². The fourth-order valence-electron chi connectivity index (χ4n) is 2.76. The molecule has 0 fully saturated rings. The molecule has 0 spiro atoms. The molecule has 27 heavy (non-hydrogen) atoms. The third-order valence-corrected chi connectivity index (χ3v) is 6.22. The van der Waals surface area contributed by atoms with E-state index < -0.39 is 15.3 Å². The summed E-state index contributed by atoms with van der Waals surface area (Å²) in [5, 5.41) is 6.01. The van der Waals surface area contributed by atoms with Gasteiger partial charge in [-0.25, -0.2) is 13.4 Å². The van der Waals surface area contributed by atoms with Crippen LogP contribution in [0.5, 0.6) is 0 Å². The van der Waals surface area contributed by atoms with Crippen molar-refractivity contribution in [2.24, 2.45) is 15.2 Å². The molecule has 1 aliphatic rings. The van der Waals surface area contributed by atoms with Crippen LogP contribution in [0.2, 0.25) is 5.02 Å². The summed E-state index contributed by atoms with van der Waals surface area (Å²) in [6.45, 7) is 3.53. The highest BCUT2D eigenvalue weighted by Gasteiger charge is 2.31. The van der Waals surface area contributed by atoms with E-state index in [-0.39, 0.29) is 11.9 Å². The topological polar surface area (TPSA) is 88.1 Å². The molecule has 0 radical (unpaired) electrons. The zero-order chi connectivity index (χ0) is 19.6. The minimum atomic E-state index is -3.67. The standard InChI is InChI=1S/C19H21ClN4O2S/c1-13(2)27(25,26)23-19(21)24-12-17(14-6-4-3-5-7-14)18(22-24)15-8-10-16(20)11-9-15/h3-11,13,17H,12H2,1-2H3,(H2,21,23). The summed E-state index contributed by atoms with van der Waals surface area (Å²) in [6.07, 6.45) is 0. The molecular formula is C19H21ClN4O2S. The maximum atomic E-state index is 12.1. The Kier molecular flexibility index (Phi) is 5.53. The molecule has 1 unspecified atom stereocenters. The molecule has 0 aromatic heterocycles. The van der Waals surface area contributed by atoms with Crippen LogP contribution in [0.1, 0.15) is 30.9 Å². The Bertz CT molecular complexity index is 971. The van der Waals surface area contributed by atoms with Gasteiger partial charge >= 0.3 is 0 Å². The fraction of sp³-hybridized carbons (Fsp3) is 0.263. The molecule has 2 N–H and O–H groups in total. The second kappa shape index (κ2) is 7.70. The molecule has 1 aliphatic heterocycles. The van der Waals surface area contributed by atoms with E-state index in [1.807, 2.05) is 42.5 Å². The highest BCUT2D eigenvalue weighted by atomic mass is 35.5. The first-order valence-electron chi connectivity index (χ1n) is 8.54. The van der Waals surface area contributed by atoms with Crippen molar-refractivity contribution in [3.63, 3.8) is 0 Å². The van der Waals surface area contributed by atoms with Crippen molar-refractivity contribution in [1.29, 1.82) is 0 Å². The van der Waals surface area contributed by atoms with Gasteiger partial charge in [0.05, 0.1) is 17.5 Å². The van der Waals surface area contributed by atoms with Gasteiger partial charge in [0, 0.05) is 10.9 Å². The molecular weight excluding hydrogens is 384 g/mol. The molecule has 0 saturated carbocycles. The van der Waals surface area contributed by atoms with Gasteiger partial charge in [-0.1, -0.05) is 54.1 Å². The van der Waals surface area contributed by atoms with Crippen LogP contribution in [0.4, 0.5) is 0 Å². The maximum Gasteiger partial charge on any atom is 0.258 e. The van der Waals surface area contributed by atoms with E-state index in [0.717, 1.165) is 16.8 Å². The minimum absolute atomic E-state index is 0.0668. The van der Waals surface area contributed by atoms with Crippen molar-refractivity contribution in [2.75, 3.05) is 6.54 Å². The summed E-state index contributed by atoms with van der Waals surface area (Å²) in [6, 6.07) is 17.2. The average Bonchev–Trinajstić information content (AvgIpc) is 3.08. The third-order valence-electron chi connectivity index (χ3n) is 4.34. The first-order chi connectivity index (χ1) is 12.8. The van der Waals surface area contributed by atoms with Crippen LogP contribution >= 0.6 is 11.6 Å². The molecule has 1 heterocycles. The normalized spacial score (nSPS) is 18.1. The van der Waals surface area contributed by atoms with Gasteiger partial charge in [-0.15, -0.1) is 4.40 Å². The van der Waals surface area contributed by atoms with Gasteiger partial charge in [-0.05, 0) is 37.1 Å². The van der Waals surface area contributed by atoms with E-state index in [1.54, 1.807) is 26.0 Å². The number of benzene rings is 2. The largest absolute Gasteiger partial charge is 0.367 e. The lowest BCUT2D eigenvalue weighted by Gasteiger charge is -2.16. The second-order valence-electron chi connectivity index (χ2n) is 6.55. The van der Waals surface area contributed by atoms with E-state index in [0.29, 0.717) is 11.6 Å². The number of nitrogens with zero attached hydrogens (tertiary/aromatic N) is 3. The third kappa shape index (κ3) is 4.31. The molecule has 0 saturated heterocycles. The van der Waals surface area contributed by atoms with Crippen LogP contribution in [0.15, 0.2) is 64.1 Å². The fourth-order valence-corrected chi connectivity index (χ4v) is 3.45. The summed E-state index contributed by atoms with van der Waals surface area (Å²) < 4.78 is 27.9. The number of hydrazone groups is 1. The van der Waals surface area contributed by atoms with Crippen molar-refractivity contribution >= 4 is 33.3 Å². The van der Waals surface area contributed by atoms with Crippen LogP contribution in [-0.2, 0) is 10.0 Å². The molecule has 6 nitrogen and oxygen atoms in total. The van der Waals surface area contributed by atoms with E-state index in [1.165, 1.54) is 5.01 Å². The monoisotopic (exact) mass is 404 g/mol. The smallest absolute Gasteiger partial charge is 0.258 e. The van der Waals surface area contributed by atoms with Gasteiger partial charge in [0.15, 0.2) is 0 Å². The van der Waals surface area contributed by atoms with Crippen LogP contribution in [0, 0.1) is 0 Å². The van der Waals surface area contributed by atoms with E-state index in [2.05, 4.69) is 9.50 Å². The van der Waals surface area contributed by atoms with Crippen molar-refractivity contribution in [2.45, 2.75) is 25.0 Å². The summed E-state index contributed by atoms with van der Waals surface area (Å²) in [7, 11) is -3.67. The number of halogens is 1. The Morgan fingerprint density at radius 1 is 1.19 bits per heavy atom. The number of hydrogen-bond acceptors (Lipinski definition) is 3. The summed E-state index contributed by atoms with van der Waals surface area (Å²) in [4.78, 5) is 0. The van der Waals surface area contributed by atoms with Gasteiger partial charge in [-0.2, -0.15) is 5.10 Å². The summed E-state index contributed by atoms with van der Waals surface area (Å²) in [5.74, 6) is -0.198. The lowest BCUT2D eigenvalue weighted by molar-refractivity contribution is 0.470. The quantitative estimate of drug-likeness (QED) is 0.626. The zero-order valence-corrected chi connectivity index (χ0v) is 16.7. The number of guanidine groups is 1. The van der Waals surface area contributed by atoms with Crippen molar-refractivity contribution in [3.05, 3.63) is 70.7 Å². The maximum absolute atomic E-state index is 12.1. The van der Waals surface area contributed by atoms with Crippen molar-refractivity contribution < 1.29 is 8.42 Å². The van der Waals surface area contributed by atoms with Crippen LogP contribution in [0.25, 0.3) is 0 Å². The lowest BCUT2D eigenvalue weighted by atomic mass is 9.91. The Labute approximate surface area is 164 Å². The predicted molar refractivity (Wildman–Crippen MR) is 110 cm³/mol. The Balaban J connectivity index is 2.01. The zero-order valence-electron chi connectivity index (χ0n) is 15.1. The first kappa shape index (κ1) is 19.4. The van der Waals surface area contributed by atoms with Gasteiger partial charge in [0.25, 0.3) is 10.0 Å². The van der Waals surface area contributed by atoms with Crippen LogP contribution in [-0.4, -0.2) is 36.9 Å². The number of sulfonamides is 1. The molecule has 3 rings (SSSR count). The van der Waals surface area contributed by atoms with Gasteiger partial charge in [0.1, 0.15) is 0 Å². The second-order valence-corrected chi connectivity index (χ2v) is 9.14. The first-order valence-corrected chi connectivity index (χ1v) is 10.4. The van der Waals surface area contributed by atoms with Crippen molar-refractivity contribution in [1.82, 2.24) is 5.01 Å². The summed E-state index contributed by atoms with van der Waals surface area (Å²) >= 11 is 6.00. The molecule has 0 aliphatic carbocycles. The minimum Gasteiger partial charge on any atom is -0.367 e. The SMILES string of the molecule is CC(C)S(=O)(=O)N=C(N)N1CC(c2ccccc2)C(c2ccc(Cl)cc2)=N1. The van der Waals surface area contributed by atoms with Gasteiger partial charge in [-0.3, -0.25) is 0 Å². The van der Waals surface area contributed by atoms with Crippen molar-refractivity contribution in [3.8, 4) is 0 Å². The number of nitrogens with two attached hydrogens (primary N) is 1. The van der Waals surface area contributed by atoms with Gasteiger partial charge < -0.3 is 5.73 Å². The molecule has 0 amide bonds. The average molecular weight is 405 g/mol. The van der Waals surface area contributed by atoms with Gasteiger partial charge in [0.2, 0.25) is 5.96 Å². The Morgan fingerprint density at radius 3 is 2.41 bits per heavy atom.